The molecule has 2 rings (SSSR count). The SMILES string of the molecule is CNc1c(F)cccc1C(=O)N(C)c1cccc(OC)c1. The van der Waals surface area contributed by atoms with E-state index in [1.807, 2.05) is 0 Å². The number of hydrogen-bond donors (Lipinski definition) is 1. The minimum atomic E-state index is -0.456. The number of hydrogen-bond acceptors (Lipinski definition) is 3. The van der Waals surface area contributed by atoms with Crippen molar-refractivity contribution in [3.05, 3.63) is 53.8 Å². The van der Waals surface area contributed by atoms with Crippen LogP contribution in [0.5, 0.6) is 5.75 Å². The standard InChI is InChI=1S/C16H17FN2O2/c1-18-15-13(8-5-9-14(15)17)16(20)19(2)11-6-4-7-12(10-11)21-3/h4-10,18H,1-3H3. The van der Waals surface area contributed by atoms with Gasteiger partial charge in [0.25, 0.3) is 5.91 Å². The van der Waals surface area contributed by atoms with Gasteiger partial charge in [0.1, 0.15) is 11.6 Å². The van der Waals surface area contributed by atoms with Crippen LogP contribution in [0.3, 0.4) is 0 Å². The van der Waals surface area contributed by atoms with Gasteiger partial charge in [-0.1, -0.05) is 12.1 Å². The maximum Gasteiger partial charge on any atom is 0.260 e. The second-order valence-electron chi connectivity index (χ2n) is 4.48. The fraction of sp³-hybridized carbons (Fsp3) is 0.188. The van der Waals surface area contributed by atoms with Crippen LogP contribution in [-0.2, 0) is 0 Å². The lowest BCUT2D eigenvalue weighted by Gasteiger charge is -2.20. The summed E-state index contributed by atoms with van der Waals surface area (Å²) in [5.41, 5.74) is 1.14. The number of carbonyl (C=O) groups excluding carboxylic acids is 1. The summed E-state index contributed by atoms with van der Waals surface area (Å²) in [6.45, 7) is 0. The molecule has 2 aromatic carbocycles. The van der Waals surface area contributed by atoms with Gasteiger partial charge in [0.2, 0.25) is 0 Å². The van der Waals surface area contributed by atoms with Crippen molar-refractivity contribution in [1.82, 2.24) is 0 Å². The normalized spacial score (nSPS) is 10.1. The zero-order chi connectivity index (χ0) is 15.4. The molecule has 1 N–H and O–H groups in total. The minimum Gasteiger partial charge on any atom is -0.497 e. The zero-order valence-corrected chi connectivity index (χ0v) is 12.2. The van der Waals surface area contributed by atoms with Crippen LogP contribution in [0, 0.1) is 5.82 Å². The first-order valence-electron chi connectivity index (χ1n) is 6.47. The Balaban J connectivity index is 2.37. The Morgan fingerprint density at radius 2 is 1.95 bits per heavy atom. The van der Waals surface area contributed by atoms with E-state index in [1.54, 1.807) is 51.5 Å². The molecule has 5 heteroatoms. The highest BCUT2D eigenvalue weighted by atomic mass is 19.1. The number of rotatable bonds is 4. The van der Waals surface area contributed by atoms with Gasteiger partial charge in [0, 0.05) is 25.8 Å². The van der Waals surface area contributed by atoms with Crippen LogP contribution >= 0.6 is 0 Å². The number of anilines is 2. The summed E-state index contributed by atoms with van der Waals surface area (Å²) in [6.07, 6.45) is 0. The molecule has 1 amide bonds. The topological polar surface area (TPSA) is 41.6 Å². The lowest BCUT2D eigenvalue weighted by Crippen LogP contribution is -2.27. The third-order valence-corrected chi connectivity index (χ3v) is 3.24. The molecule has 0 aliphatic heterocycles. The minimum absolute atomic E-state index is 0.192. The Labute approximate surface area is 123 Å². The van der Waals surface area contributed by atoms with E-state index in [4.69, 9.17) is 4.74 Å². The zero-order valence-electron chi connectivity index (χ0n) is 12.2. The Hall–Kier alpha value is -2.56. The molecule has 4 nitrogen and oxygen atoms in total. The summed E-state index contributed by atoms with van der Waals surface area (Å²) in [4.78, 5) is 14.0. The third kappa shape index (κ3) is 2.97. The molecule has 0 aliphatic carbocycles. The number of carbonyl (C=O) groups is 1. The molecule has 0 atom stereocenters. The lowest BCUT2D eigenvalue weighted by atomic mass is 10.1. The Morgan fingerprint density at radius 1 is 1.24 bits per heavy atom. The Morgan fingerprint density at radius 3 is 2.62 bits per heavy atom. The molecule has 0 unspecified atom stereocenters. The van der Waals surface area contributed by atoms with Crippen molar-refractivity contribution >= 4 is 17.3 Å². The maximum absolute atomic E-state index is 13.7. The average molecular weight is 288 g/mol. The fourth-order valence-electron chi connectivity index (χ4n) is 2.07. The molecule has 0 bridgehead atoms. The van der Waals surface area contributed by atoms with Gasteiger partial charge in [-0.25, -0.2) is 4.39 Å². The lowest BCUT2D eigenvalue weighted by molar-refractivity contribution is 0.0993. The van der Waals surface area contributed by atoms with Crippen LogP contribution < -0.4 is 15.0 Å². The van der Waals surface area contributed by atoms with Gasteiger partial charge in [-0.05, 0) is 24.3 Å². The molecule has 0 aromatic heterocycles. The molecule has 0 spiro atoms. The van der Waals surface area contributed by atoms with Gasteiger partial charge >= 0.3 is 0 Å². The summed E-state index contributed by atoms with van der Waals surface area (Å²) in [5.74, 6) is -0.102. The Bertz CT molecular complexity index is 658. The number of nitrogens with one attached hydrogen (secondary N) is 1. The molecule has 2 aromatic rings. The molecule has 0 saturated carbocycles. The number of methoxy groups -OCH3 is 1. The first kappa shape index (κ1) is 14.8. The van der Waals surface area contributed by atoms with Crippen LogP contribution in [-0.4, -0.2) is 27.1 Å². The summed E-state index contributed by atoms with van der Waals surface area (Å²) < 4.78 is 18.9. The smallest absolute Gasteiger partial charge is 0.260 e. The first-order valence-corrected chi connectivity index (χ1v) is 6.47. The number of amides is 1. The summed E-state index contributed by atoms with van der Waals surface area (Å²) >= 11 is 0. The number of benzene rings is 2. The van der Waals surface area contributed by atoms with Gasteiger partial charge < -0.3 is 15.0 Å². The summed E-state index contributed by atoms with van der Waals surface area (Å²) in [7, 11) is 4.79. The predicted octanol–water partition coefficient (Wildman–Crippen LogP) is 3.15. The second-order valence-corrected chi connectivity index (χ2v) is 4.48. The highest BCUT2D eigenvalue weighted by Gasteiger charge is 2.19. The fourth-order valence-corrected chi connectivity index (χ4v) is 2.07. The third-order valence-electron chi connectivity index (χ3n) is 3.24. The van der Waals surface area contributed by atoms with Crippen molar-refractivity contribution in [2.75, 3.05) is 31.4 Å². The van der Waals surface area contributed by atoms with E-state index in [0.29, 0.717) is 11.4 Å². The highest BCUT2D eigenvalue weighted by molar-refractivity contribution is 6.09. The molecular weight excluding hydrogens is 271 g/mol. The van der Waals surface area contributed by atoms with Gasteiger partial charge in [-0.15, -0.1) is 0 Å². The van der Waals surface area contributed by atoms with Crippen molar-refractivity contribution in [2.45, 2.75) is 0 Å². The van der Waals surface area contributed by atoms with Gasteiger partial charge in [-0.2, -0.15) is 0 Å². The van der Waals surface area contributed by atoms with Crippen molar-refractivity contribution in [1.29, 1.82) is 0 Å². The summed E-state index contributed by atoms with van der Waals surface area (Å²) in [5, 5.41) is 2.73. The van der Waals surface area contributed by atoms with Crippen molar-refractivity contribution in [3.63, 3.8) is 0 Å². The van der Waals surface area contributed by atoms with E-state index in [-0.39, 0.29) is 17.2 Å². The second kappa shape index (κ2) is 6.26. The van der Waals surface area contributed by atoms with E-state index in [0.717, 1.165) is 0 Å². The molecule has 0 saturated heterocycles. The van der Waals surface area contributed by atoms with Crippen LogP contribution in [0.15, 0.2) is 42.5 Å². The van der Waals surface area contributed by atoms with Crippen molar-refractivity contribution in [3.8, 4) is 5.75 Å². The van der Waals surface area contributed by atoms with E-state index >= 15 is 0 Å². The molecule has 21 heavy (non-hydrogen) atoms. The molecule has 0 radical (unpaired) electrons. The molecule has 0 aliphatic rings. The molecular formula is C16H17FN2O2. The largest absolute Gasteiger partial charge is 0.497 e. The van der Waals surface area contributed by atoms with Gasteiger partial charge in [0.05, 0.1) is 18.4 Å². The van der Waals surface area contributed by atoms with Crippen LogP contribution in [0.2, 0.25) is 0 Å². The van der Waals surface area contributed by atoms with E-state index in [1.165, 1.54) is 17.0 Å². The molecule has 0 heterocycles. The summed E-state index contributed by atoms with van der Waals surface area (Å²) in [6, 6.07) is 11.5. The Kier molecular flexibility index (Phi) is 4.42. The number of ether oxygens (including phenoxy) is 1. The number of para-hydroxylation sites is 1. The molecule has 110 valence electrons. The maximum atomic E-state index is 13.7. The number of halogens is 1. The first-order chi connectivity index (χ1) is 10.1. The van der Waals surface area contributed by atoms with Crippen molar-refractivity contribution < 1.29 is 13.9 Å². The van der Waals surface area contributed by atoms with Crippen molar-refractivity contribution in [2.24, 2.45) is 0 Å². The van der Waals surface area contributed by atoms with E-state index in [9.17, 15) is 9.18 Å². The van der Waals surface area contributed by atoms with Crippen LogP contribution in [0.1, 0.15) is 10.4 Å². The predicted molar refractivity (Wildman–Crippen MR) is 81.7 cm³/mol. The number of nitrogens with zero attached hydrogens (tertiary/aromatic N) is 1. The van der Waals surface area contributed by atoms with Gasteiger partial charge in [0.15, 0.2) is 0 Å². The molecule has 0 fully saturated rings. The highest BCUT2D eigenvalue weighted by Crippen LogP contribution is 2.25. The average Bonchev–Trinajstić information content (AvgIpc) is 2.53. The van der Waals surface area contributed by atoms with E-state index in [2.05, 4.69) is 5.32 Å². The van der Waals surface area contributed by atoms with Gasteiger partial charge in [-0.3, -0.25) is 4.79 Å². The van der Waals surface area contributed by atoms with E-state index < -0.39 is 5.82 Å². The monoisotopic (exact) mass is 288 g/mol. The van der Waals surface area contributed by atoms with Crippen LogP contribution in [0.4, 0.5) is 15.8 Å². The quantitative estimate of drug-likeness (QED) is 0.939. The van der Waals surface area contributed by atoms with Crippen LogP contribution in [0.25, 0.3) is 0 Å².